The molecule has 0 saturated carbocycles. The van der Waals surface area contributed by atoms with Crippen LogP contribution in [0, 0.1) is 0 Å². The highest BCUT2D eigenvalue weighted by Crippen LogP contribution is 2.32. The summed E-state index contributed by atoms with van der Waals surface area (Å²) in [5, 5.41) is 0. The number of alkyl halides is 1. The summed E-state index contributed by atoms with van der Waals surface area (Å²) < 4.78 is 11.2. The van der Waals surface area contributed by atoms with Gasteiger partial charge in [-0.3, -0.25) is 0 Å². The van der Waals surface area contributed by atoms with Gasteiger partial charge in [-0.05, 0) is 29.0 Å². The van der Waals surface area contributed by atoms with E-state index in [9.17, 15) is 0 Å². The Morgan fingerprint density at radius 2 is 1.84 bits per heavy atom. The lowest BCUT2D eigenvalue weighted by atomic mass is 9.85. The molecule has 0 aliphatic carbocycles. The lowest BCUT2D eigenvalue weighted by Gasteiger charge is -2.23. The fraction of sp³-hybridized carbons (Fsp3) is 0.625. The number of halogens is 1. The maximum atomic E-state index is 5.84. The van der Waals surface area contributed by atoms with Gasteiger partial charge in [-0.1, -0.05) is 39.8 Å². The van der Waals surface area contributed by atoms with Crippen LogP contribution in [0.3, 0.4) is 0 Å². The first kappa shape index (κ1) is 16.3. The molecule has 1 aromatic rings. The van der Waals surface area contributed by atoms with Crippen LogP contribution in [0.25, 0.3) is 0 Å². The normalized spacial score (nSPS) is 11.6. The van der Waals surface area contributed by atoms with Crippen LogP contribution in [-0.2, 0) is 16.6 Å². The quantitative estimate of drug-likeness (QED) is 0.552. The Bertz CT molecular complexity index is 383. The molecule has 3 heteroatoms. The first-order valence-electron chi connectivity index (χ1n) is 6.89. The van der Waals surface area contributed by atoms with Gasteiger partial charge in [0.05, 0.1) is 13.2 Å². The van der Waals surface area contributed by atoms with Crippen LogP contribution >= 0.6 is 11.6 Å². The van der Waals surface area contributed by atoms with Gasteiger partial charge in [0, 0.05) is 5.88 Å². The molecule has 0 bridgehead atoms. The average Bonchev–Trinajstić information content (AvgIpc) is 2.37. The summed E-state index contributed by atoms with van der Waals surface area (Å²) in [5.74, 6) is 1.48. The van der Waals surface area contributed by atoms with E-state index in [1.807, 2.05) is 0 Å². The third-order valence-corrected chi connectivity index (χ3v) is 3.12. The number of aryl methyl sites for hydroxylation is 1. The van der Waals surface area contributed by atoms with E-state index >= 15 is 0 Å². The fourth-order valence-corrected chi connectivity index (χ4v) is 1.99. The highest BCUT2D eigenvalue weighted by Gasteiger charge is 2.19. The van der Waals surface area contributed by atoms with Gasteiger partial charge in [0.1, 0.15) is 12.4 Å². The second kappa shape index (κ2) is 7.76. The van der Waals surface area contributed by atoms with Crippen LogP contribution in [0.4, 0.5) is 0 Å². The molecule has 0 fully saturated rings. The fourth-order valence-electron chi connectivity index (χ4n) is 1.88. The minimum Gasteiger partial charge on any atom is -0.491 e. The van der Waals surface area contributed by atoms with Crippen LogP contribution in [0.5, 0.6) is 5.75 Å². The first-order valence-corrected chi connectivity index (χ1v) is 7.42. The molecular formula is C16H25ClO2. The predicted octanol–water partition coefficient (Wildman–Crippen LogP) is 4.18. The van der Waals surface area contributed by atoms with E-state index in [1.165, 1.54) is 11.1 Å². The van der Waals surface area contributed by atoms with Gasteiger partial charge in [-0.15, -0.1) is 11.6 Å². The standard InChI is InChI=1S/C16H25ClO2/c1-5-13-6-7-15(14(12-13)16(2,3)4)19-11-10-18-9-8-17/h6-7,12H,5,8-11H2,1-4H3. The van der Waals surface area contributed by atoms with Crippen molar-refractivity contribution < 1.29 is 9.47 Å². The van der Waals surface area contributed by atoms with Crippen molar-refractivity contribution in [2.75, 3.05) is 25.7 Å². The van der Waals surface area contributed by atoms with Crippen molar-refractivity contribution in [1.82, 2.24) is 0 Å². The van der Waals surface area contributed by atoms with Crippen LogP contribution in [0.15, 0.2) is 18.2 Å². The van der Waals surface area contributed by atoms with Crippen LogP contribution in [-0.4, -0.2) is 25.7 Å². The van der Waals surface area contributed by atoms with Gasteiger partial charge in [0.15, 0.2) is 0 Å². The molecule has 108 valence electrons. The summed E-state index contributed by atoms with van der Waals surface area (Å²) in [7, 11) is 0. The second-order valence-corrected chi connectivity index (χ2v) is 5.96. The van der Waals surface area contributed by atoms with Gasteiger partial charge in [0.2, 0.25) is 0 Å². The highest BCUT2D eigenvalue weighted by atomic mass is 35.5. The monoisotopic (exact) mass is 284 g/mol. The van der Waals surface area contributed by atoms with Crippen molar-refractivity contribution in [2.24, 2.45) is 0 Å². The van der Waals surface area contributed by atoms with Crippen molar-refractivity contribution in [2.45, 2.75) is 39.5 Å². The number of hydrogen-bond acceptors (Lipinski definition) is 2. The summed E-state index contributed by atoms with van der Waals surface area (Å²) in [4.78, 5) is 0. The smallest absolute Gasteiger partial charge is 0.123 e. The van der Waals surface area contributed by atoms with E-state index < -0.39 is 0 Å². The topological polar surface area (TPSA) is 18.5 Å². The molecule has 0 radical (unpaired) electrons. The van der Waals surface area contributed by atoms with E-state index in [-0.39, 0.29) is 5.41 Å². The Morgan fingerprint density at radius 1 is 1.11 bits per heavy atom. The Morgan fingerprint density at radius 3 is 2.42 bits per heavy atom. The largest absolute Gasteiger partial charge is 0.491 e. The summed E-state index contributed by atoms with van der Waals surface area (Å²) in [6, 6.07) is 6.44. The zero-order chi connectivity index (χ0) is 14.3. The third kappa shape index (κ3) is 5.42. The molecule has 1 rings (SSSR count). The molecule has 0 spiro atoms. The lowest BCUT2D eigenvalue weighted by Crippen LogP contribution is -2.16. The molecule has 0 amide bonds. The molecule has 0 unspecified atom stereocenters. The third-order valence-electron chi connectivity index (χ3n) is 2.97. The molecule has 0 aliphatic rings. The van der Waals surface area contributed by atoms with Crippen LogP contribution in [0.2, 0.25) is 0 Å². The van der Waals surface area contributed by atoms with Gasteiger partial charge in [-0.25, -0.2) is 0 Å². The Balaban J connectivity index is 2.71. The zero-order valence-electron chi connectivity index (χ0n) is 12.5. The summed E-state index contributed by atoms with van der Waals surface area (Å²) in [5.41, 5.74) is 2.68. The number of hydrogen-bond donors (Lipinski definition) is 0. The number of benzene rings is 1. The van der Waals surface area contributed by atoms with Crippen LogP contribution in [0.1, 0.15) is 38.8 Å². The van der Waals surface area contributed by atoms with E-state index in [0.717, 1.165) is 12.2 Å². The van der Waals surface area contributed by atoms with E-state index in [2.05, 4.69) is 45.9 Å². The molecular weight excluding hydrogens is 260 g/mol. The Kier molecular flexibility index (Phi) is 6.67. The van der Waals surface area contributed by atoms with Crippen molar-refractivity contribution in [3.05, 3.63) is 29.3 Å². The maximum Gasteiger partial charge on any atom is 0.123 e. The van der Waals surface area contributed by atoms with E-state index in [4.69, 9.17) is 21.1 Å². The molecule has 1 aromatic carbocycles. The van der Waals surface area contributed by atoms with Gasteiger partial charge in [-0.2, -0.15) is 0 Å². The number of ether oxygens (including phenoxy) is 2. The molecule has 0 aromatic heterocycles. The lowest BCUT2D eigenvalue weighted by molar-refractivity contribution is 0.110. The predicted molar refractivity (Wildman–Crippen MR) is 81.6 cm³/mol. The number of rotatable bonds is 7. The summed E-state index contributed by atoms with van der Waals surface area (Å²) in [6.07, 6.45) is 1.04. The Hall–Kier alpha value is -0.730. The molecule has 0 atom stereocenters. The molecule has 0 heterocycles. The van der Waals surface area contributed by atoms with Gasteiger partial charge in [0.25, 0.3) is 0 Å². The minimum atomic E-state index is 0.0809. The van der Waals surface area contributed by atoms with E-state index in [1.54, 1.807) is 0 Å². The van der Waals surface area contributed by atoms with Gasteiger partial charge >= 0.3 is 0 Å². The molecule has 0 N–H and O–H groups in total. The van der Waals surface area contributed by atoms with E-state index in [0.29, 0.717) is 25.7 Å². The molecule has 2 nitrogen and oxygen atoms in total. The summed E-state index contributed by atoms with van der Waals surface area (Å²) in [6.45, 7) is 10.5. The molecule has 0 aliphatic heterocycles. The van der Waals surface area contributed by atoms with Gasteiger partial charge < -0.3 is 9.47 Å². The summed E-state index contributed by atoms with van der Waals surface area (Å²) >= 11 is 5.55. The second-order valence-electron chi connectivity index (χ2n) is 5.58. The molecule has 19 heavy (non-hydrogen) atoms. The highest BCUT2D eigenvalue weighted by molar-refractivity contribution is 6.17. The van der Waals surface area contributed by atoms with Crippen molar-refractivity contribution in [1.29, 1.82) is 0 Å². The van der Waals surface area contributed by atoms with Crippen molar-refractivity contribution in [3.63, 3.8) is 0 Å². The average molecular weight is 285 g/mol. The first-order chi connectivity index (χ1) is 8.99. The Labute approximate surface area is 122 Å². The SMILES string of the molecule is CCc1ccc(OCCOCCCl)c(C(C)(C)C)c1. The van der Waals surface area contributed by atoms with Crippen molar-refractivity contribution >= 4 is 11.6 Å². The minimum absolute atomic E-state index is 0.0809. The van der Waals surface area contributed by atoms with Crippen LogP contribution < -0.4 is 4.74 Å². The maximum absolute atomic E-state index is 5.84. The zero-order valence-corrected chi connectivity index (χ0v) is 13.2. The van der Waals surface area contributed by atoms with Crippen molar-refractivity contribution in [3.8, 4) is 5.75 Å². The molecule has 0 saturated heterocycles.